The van der Waals surface area contributed by atoms with Gasteiger partial charge in [0.2, 0.25) is 0 Å². The Morgan fingerprint density at radius 3 is 2.25 bits per heavy atom. The van der Waals surface area contributed by atoms with E-state index in [1.807, 2.05) is 12.1 Å². The molecule has 0 spiro atoms. The average Bonchev–Trinajstić information content (AvgIpc) is 2.61. The third-order valence-corrected chi connectivity index (χ3v) is 7.12. The van der Waals surface area contributed by atoms with Gasteiger partial charge in [0, 0.05) is 38.4 Å². The second kappa shape index (κ2) is 5.74. The monoisotopic (exact) mass is 322 g/mol. The predicted octanol–water partition coefficient (Wildman–Crippen LogP) is 2.90. The fraction of sp³-hybridized carbons (Fsp3) is 0.700. The van der Waals surface area contributed by atoms with Gasteiger partial charge in [-0.3, -0.25) is 4.90 Å². The molecule has 0 aromatic carbocycles. The number of nitriles is 1. The highest BCUT2D eigenvalue weighted by Crippen LogP contribution is 2.55. The van der Waals surface area contributed by atoms with Crippen LogP contribution in [0.5, 0.6) is 0 Å². The molecule has 0 atom stereocenters. The van der Waals surface area contributed by atoms with Crippen molar-refractivity contribution in [2.45, 2.75) is 38.1 Å². The van der Waals surface area contributed by atoms with Crippen LogP contribution in [-0.2, 0) is 0 Å². The van der Waals surface area contributed by atoms with Crippen LogP contribution in [0.3, 0.4) is 0 Å². The van der Waals surface area contributed by atoms with E-state index in [4.69, 9.17) is 0 Å². The topological polar surface area (TPSA) is 43.2 Å². The quantitative estimate of drug-likeness (QED) is 0.840. The molecule has 1 aromatic rings. The number of nitrogens with zero attached hydrogens (tertiary/aromatic N) is 4. The zero-order valence-electron chi connectivity index (χ0n) is 14.3. The van der Waals surface area contributed by atoms with Crippen LogP contribution in [0.2, 0.25) is 0 Å². The minimum atomic E-state index is 0.709. The highest BCUT2D eigenvalue weighted by molar-refractivity contribution is 5.53. The molecule has 4 saturated carbocycles. The summed E-state index contributed by atoms with van der Waals surface area (Å²) in [7, 11) is 0. The number of hydrogen-bond donors (Lipinski definition) is 0. The minimum Gasteiger partial charge on any atom is -0.353 e. The number of aromatic nitrogens is 1. The lowest BCUT2D eigenvalue weighted by Crippen LogP contribution is -2.60. The minimum absolute atomic E-state index is 0.709. The van der Waals surface area contributed by atoms with Crippen LogP contribution in [-0.4, -0.2) is 42.1 Å². The molecule has 4 bridgehead atoms. The van der Waals surface area contributed by atoms with Crippen molar-refractivity contribution >= 4 is 5.82 Å². The van der Waals surface area contributed by atoms with Crippen LogP contribution in [0, 0.1) is 35.0 Å². The first-order chi connectivity index (χ1) is 11.8. The Morgan fingerprint density at radius 2 is 1.62 bits per heavy atom. The molecule has 1 aromatic heterocycles. The smallest absolute Gasteiger partial charge is 0.146 e. The Balaban J connectivity index is 1.28. The highest BCUT2D eigenvalue weighted by atomic mass is 15.3. The summed E-state index contributed by atoms with van der Waals surface area (Å²) in [5, 5.41) is 9.32. The van der Waals surface area contributed by atoms with E-state index in [0.29, 0.717) is 5.56 Å². The fourth-order valence-corrected chi connectivity index (χ4v) is 6.46. The predicted molar refractivity (Wildman–Crippen MR) is 93.6 cm³/mol. The molecule has 5 fully saturated rings. The summed E-state index contributed by atoms with van der Waals surface area (Å²) in [4.78, 5) is 9.57. The Hall–Kier alpha value is -1.60. The molecule has 1 aliphatic heterocycles. The van der Waals surface area contributed by atoms with Crippen molar-refractivity contribution in [3.05, 3.63) is 23.9 Å². The fourth-order valence-electron chi connectivity index (χ4n) is 6.46. The number of hydrogen-bond acceptors (Lipinski definition) is 4. The van der Waals surface area contributed by atoms with E-state index in [1.165, 1.54) is 32.1 Å². The van der Waals surface area contributed by atoms with Gasteiger partial charge in [0.05, 0.1) is 5.56 Å². The van der Waals surface area contributed by atoms with Gasteiger partial charge in [-0.15, -0.1) is 0 Å². The maximum atomic E-state index is 9.32. The van der Waals surface area contributed by atoms with E-state index in [9.17, 15) is 5.26 Å². The number of rotatable bonds is 2. The summed E-state index contributed by atoms with van der Waals surface area (Å²) in [5.41, 5.74) is 0.709. The van der Waals surface area contributed by atoms with Crippen LogP contribution in [0.1, 0.15) is 37.7 Å². The zero-order chi connectivity index (χ0) is 16.1. The summed E-state index contributed by atoms with van der Waals surface area (Å²) >= 11 is 0. The Bertz CT molecular complexity index is 628. The van der Waals surface area contributed by atoms with E-state index in [1.54, 1.807) is 6.20 Å². The molecule has 4 nitrogen and oxygen atoms in total. The molecule has 0 radical (unpaired) electrons. The van der Waals surface area contributed by atoms with Crippen molar-refractivity contribution in [2.75, 3.05) is 31.1 Å². The summed E-state index contributed by atoms with van der Waals surface area (Å²) in [6, 6.07) is 6.87. The third-order valence-electron chi connectivity index (χ3n) is 7.12. The highest BCUT2D eigenvalue weighted by Gasteiger charge is 2.50. The van der Waals surface area contributed by atoms with Crippen molar-refractivity contribution in [1.82, 2.24) is 9.88 Å². The van der Waals surface area contributed by atoms with E-state index in [2.05, 4.69) is 20.9 Å². The lowest BCUT2D eigenvalue weighted by Gasteiger charge is -2.58. The van der Waals surface area contributed by atoms with Gasteiger partial charge in [0.25, 0.3) is 0 Å². The molecule has 2 heterocycles. The third kappa shape index (κ3) is 2.33. The van der Waals surface area contributed by atoms with Crippen LogP contribution >= 0.6 is 0 Å². The second-order valence-corrected chi connectivity index (χ2v) is 8.43. The van der Waals surface area contributed by atoms with E-state index in [0.717, 1.165) is 61.7 Å². The van der Waals surface area contributed by atoms with Gasteiger partial charge < -0.3 is 4.90 Å². The number of pyridine rings is 1. The van der Waals surface area contributed by atoms with Crippen LogP contribution < -0.4 is 4.90 Å². The molecule has 1 saturated heterocycles. The summed E-state index contributed by atoms with van der Waals surface area (Å²) in [5.74, 6) is 4.92. The van der Waals surface area contributed by atoms with Gasteiger partial charge in [-0.05, 0) is 67.9 Å². The zero-order valence-corrected chi connectivity index (χ0v) is 14.3. The van der Waals surface area contributed by atoms with Crippen molar-refractivity contribution in [1.29, 1.82) is 5.26 Å². The van der Waals surface area contributed by atoms with Crippen molar-refractivity contribution < 1.29 is 0 Å². The first-order valence-corrected chi connectivity index (χ1v) is 9.66. The Morgan fingerprint density at radius 1 is 0.958 bits per heavy atom. The first-order valence-electron chi connectivity index (χ1n) is 9.66. The summed E-state index contributed by atoms with van der Waals surface area (Å²) in [6.07, 6.45) is 9.32. The van der Waals surface area contributed by atoms with Gasteiger partial charge in [-0.2, -0.15) is 5.26 Å². The van der Waals surface area contributed by atoms with Crippen molar-refractivity contribution in [3.63, 3.8) is 0 Å². The second-order valence-electron chi connectivity index (χ2n) is 8.43. The molecular weight excluding hydrogens is 296 g/mol. The number of anilines is 1. The molecule has 6 rings (SSSR count). The molecule has 4 heteroatoms. The van der Waals surface area contributed by atoms with E-state index in [-0.39, 0.29) is 0 Å². The summed E-state index contributed by atoms with van der Waals surface area (Å²) in [6.45, 7) is 4.28. The molecule has 0 amide bonds. The normalized spacial score (nSPS) is 38.3. The molecule has 0 unspecified atom stereocenters. The first kappa shape index (κ1) is 14.7. The Labute approximate surface area is 144 Å². The molecule has 0 N–H and O–H groups in total. The van der Waals surface area contributed by atoms with Gasteiger partial charge >= 0.3 is 0 Å². The van der Waals surface area contributed by atoms with Gasteiger partial charge in [0.1, 0.15) is 11.9 Å². The lowest BCUT2D eigenvalue weighted by molar-refractivity contribution is -0.0665. The summed E-state index contributed by atoms with van der Waals surface area (Å²) < 4.78 is 0. The average molecular weight is 322 g/mol. The van der Waals surface area contributed by atoms with Crippen LogP contribution in [0.4, 0.5) is 5.82 Å². The molecular formula is C20H26N4. The van der Waals surface area contributed by atoms with E-state index < -0.39 is 0 Å². The molecule has 5 aliphatic rings. The number of piperazine rings is 1. The van der Waals surface area contributed by atoms with Crippen LogP contribution in [0.15, 0.2) is 18.3 Å². The van der Waals surface area contributed by atoms with Crippen molar-refractivity contribution in [3.8, 4) is 6.07 Å². The van der Waals surface area contributed by atoms with Gasteiger partial charge in [-0.25, -0.2) is 4.98 Å². The maximum Gasteiger partial charge on any atom is 0.146 e. The Kier molecular flexibility index (Phi) is 3.52. The molecule has 24 heavy (non-hydrogen) atoms. The van der Waals surface area contributed by atoms with Crippen molar-refractivity contribution in [2.24, 2.45) is 23.7 Å². The largest absolute Gasteiger partial charge is 0.353 e. The molecule has 126 valence electrons. The molecule has 4 aliphatic carbocycles. The van der Waals surface area contributed by atoms with Crippen LogP contribution in [0.25, 0.3) is 0 Å². The maximum absolute atomic E-state index is 9.32. The lowest BCUT2D eigenvalue weighted by atomic mass is 9.54. The standard InChI is InChI=1S/C20H26N4/c21-13-16-2-1-3-22-20(16)24-6-4-23(5-7-24)19-17-9-14-8-15(11-17)12-18(19)10-14/h1-3,14-15,17-19H,4-12H2. The van der Waals surface area contributed by atoms with E-state index >= 15 is 0 Å². The van der Waals surface area contributed by atoms with Gasteiger partial charge in [0.15, 0.2) is 0 Å². The van der Waals surface area contributed by atoms with Gasteiger partial charge in [-0.1, -0.05) is 0 Å². The SMILES string of the molecule is N#Cc1cccnc1N1CCN(C2C3CC4CC(C3)CC2C4)CC1.